The lowest BCUT2D eigenvalue weighted by molar-refractivity contribution is 0.556. The Labute approximate surface area is 105 Å². The lowest BCUT2D eigenvalue weighted by Gasteiger charge is -2.02. The molecule has 0 saturated carbocycles. The maximum absolute atomic E-state index is 5.73. The van der Waals surface area contributed by atoms with E-state index < -0.39 is 0 Å². The number of rotatable bonds is 4. The normalized spacial score (nSPS) is 11.2. The SMILES string of the molecule is Cc1oc2ccccc2c1CNCc1ccoc1. The third-order valence-corrected chi connectivity index (χ3v) is 3.11. The van der Waals surface area contributed by atoms with Crippen molar-refractivity contribution in [1.29, 1.82) is 0 Å². The summed E-state index contributed by atoms with van der Waals surface area (Å²) >= 11 is 0. The molecule has 92 valence electrons. The Bertz CT molecular complexity index is 638. The molecule has 0 amide bonds. The second-order valence-electron chi connectivity index (χ2n) is 4.37. The molecule has 0 aliphatic heterocycles. The first-order valence-electron chi connectivity index (χ1n) is 6.03. The molecule has 0 saturated heterocycles. The third-order valence-electron chi connectivity index (χ3n) is 3.11. The van der Waals surface area contributed by atoms with E-state index in [-0.39, 0.29) is 0 Å². The van der Waals surface area contributed by atoms with E-state index in [9.17, 15) is 0 Å². The molecule has 0 fully saturated rings. The third kappa shape index (κ3) is 2.05. The van der Waals surface area contributed by atoms with Gasteiger partial charge >= 0.3 is 0 Å². The number of hydrogen-bond acceptors (Lipinski definition) is 3. The molecule has 0 bridgehead atoms. The maximum atomic E-state index is 5.73. The fourth-order valence-corrected chi connectivity index (χ4v) is 2.17. The summed E-state index contributed by atoms with van der Waals surface area (Å²) in [4.78, 5) is 0. The van der Waals surface area contributed by atoms with Gasteiger partial charge in [0.1, 0.15) is 11.3 Å². The smallest absolute Gasteiger partial charge is 0.134 e. The summed E-state index contributed by atoms with van der Waals surface area (Å²) in [5, 5.41) is 4.59. The molecule has 0 unspecified atom stereocenters. The van der Waals surface area contributed by atoms with Crippen LogP contribution in [0.3, 0.4) is 0 Å². The van der Waals surface area contributed by atoms with E-state index >= 15 is 0 Å². The molecule has 0 aliphatic rings. The van der Waals surface area contributed by atoms with Gasteiger partial charge < -0.3 is 14.2 Å². The van der Waals surface area contributed by atoms with Crippen LogP contribution < -0.4 is 5.32 Å². The van der Waals surface area contributed by atoms with Crippen LogP contribution in [0.15, 0.2) is 51.7 Å². The van der Waals surface area contributed by atoms with Gasteiger partial charge in [0.25, 0.3) is 0 Å². The molecule has 2 aromatic heterocycles. The van der Waals surface area contributed by atoms with Crippen LogP contribution in [0.1, 0.15) is 16.9 Å². The van der Waals surface area contributed by atoms with Crippen LogP contribution in [-0.2, 0) is 13.1 Å². The second-order valence-corrected chi connectivity index (χ2v) is 4.37. The molecule has 2 heterocycles. The van der Waals surface area contributed by atoms with Crippen molar-refractivity contribution in [3.63, 3.8) is 0 Å². The van der Waals surface area contributed by atoms with Gasteiger partial charge in [-0.05, 0) is 19.1 Å². The van der Waals surface area contributed by atoms with E-state index in [0.29, 0.717) is 0 Å². The highest BCUT2D eigenvalue weighted by molar-refractivity contribution is 5.82. The number of hydrogen-bond donors (Lipinski definition) is 1. The maximum Gasteiger partial charge on any atom is 0.134 e. The number of fused-ring (bicyclic) bond motifs is 1. The lowest BCUT2D eigenvalue weighted by Crippen LogP contribution is -2.12. The minimum Gasteiger partial charge on any atom is -0.472 e. The van der Waals surface area contributed by atoms with E-state index in [1.165, 1.54) is 10.9 Å². The Morgan fingerprint density at radius 1 is 1.11 bits per heavy atom. The zero-order valence-corrected chi connectivity index (χ0v) is 10.3. The molecule has 0 atom stereocenters. The molecule has 1 aromatic carbocycles. The summed E-state index contributed by atoms with van der Waals surface area (Å²) in [6.07, 6.45) is 3.45. The second kappa shape index (κ2) is 4.70. The standard InChI is InChI=1S/C15H15NO2/c1-11-14(9-16-8-12-6-7-17-10-12)13-4-2-3-5-15(13)18-11/h2-7,10,16H,8-9H2,1H3. The fraction of sp³-hybridized carbons (Fsp3) is 0.200. The molecular weight excluding hydrogens is 226 g/mol. The van der Waals surface area contributed by atoms with Crippen molar-refractivity contribution in [3.8, 4) is 0 Å². The molecule has 18 heavy (non-hydrogen) atoms. The van der Waals surface area contributed by atoms with Crippen LogP contribution in [0.25, 0.3) is 11.0 Å². The van der Waals surface area contributed by atoms with Crippen molar-refractivity contribution in [1.82, 2.24) is 5.32 Å². The monoisotopic (exact) mass is 241 g/mol. The van der Waals surface area contributed by atoms with Crippen molar-refractivity contribution in [3.05, 3.63) is 59.7 Å². The largest absolute Gasteiger partial charge is 0.472 e. The van der Waals surface area contributed by atoms with E-state index in [2.05, 4.69) is 11.4 Å². The first-order chi connectivity index (χ1) is 8.84. The van der Waals surface area contributed by atoms with Gasteiger partial charge in [0, 0.05) is 29.6 Å². The minimum absolute atomic E-state index is 0.800. The van der Waals surface area contributed by atoms with Gasteiger partial charge in [0.2, 0.25) is 0 Å². The van der Waals surface area contributed by atoms with Gasteiger partial charge in [-0.25, -0.2) is 0 Å². The zero-order chi connectivity index (χ0) is 12.4. The number of aryl methyl sites for hydroxylation is 1. The topological polar surface area (TPSA) is 38.3 Å². The van der Waals surface area contributed by atoms with Crippen molar-refractivity contribution in [2.24, 2.45) is 0 Å². The molecular formula is C15H15NO2. The summed E-state index contributed by atoms with van der Waals surface area (Å²) in [6.45, 7) is 3.61. The van der Waals surface area contributed by atoms with Crippen LogP contribution in [0.5, 0.6) is 0 Å². The molecule has 0 spiro atoms. The molecule has 3 rings (SSSR count). The minimum atomic E-state index is 0.800. The first kappa shape index (κ1) is 11.1. The van der Waals surface area contributed by atoms with Gasteiger partial charge in [-0.3, -0.25) is 0 Å². The van der Waals surface area contributed by atoms with Gasteiger partial charge in [0.15, 0.2) is 0 Å². The Kier molecular flexibility index (Phi) is 2.90. The molecule has 3 aromatic rings. The van der Waals surface area contributed by atoms with E-state index in [4.69, 9.17) is 8.83 Å². The first-order valence-corrected chi connectivity index (χ1v) is 6.03. The average Bonchev–Trinajstić information content (AvgIpc) is 2.98. The zero-order valence-electron chi connectivity index (χ0n) is 10.3. The summed E-state index contributed by atoms with van der Waals surface area (Å²) in [5.41, 5.74) is 3.34. The Hall–Kier alpha value is -2.00. The van der Waals surface area contributed by atoms with Gasteiger partial charge in [-0.2, -0.15) is 0 Å². The molecule has 3 nitrogen and oxygen atoms in total. The lowest BCUT2D eigenvalue weighted by atomic mass is 10.1. The summed E-state index contributed by atoms with van der Waals surface area (Å²) in [5.74, 6) is 0.982. The van der Waals surface area contributed by atoms with Crippen LogP contribution in [0.4, 0.5) is 0 Å². The van der Waals surface area contributed by atoms with Gasteiger partial charge in [-0.15, -0.1) is 0 Å². The van der Waals surface area contributed by atoms with Crippen molar-refractivity contribution >= 4 is 11.0 Å². The highest BCUT2D eigenvalue weighted by Gasteiger charge is 2.09. The van der Waals surface area contributed by atoms with Crippen LogP contribution >= 0.6 is 0 Å². The highest BCUT2D eigenvalue weighted by Crippen LogP contribution is 2.24. The van der Waals surface area contributed by atoms with E-state index in [1.807, 2.05) is 31.2 Å². The Morgan fingerprint density at radius 2 is 2.00 bits per heavy atom. The summed E-state index contributed by atoms with van der Waals surface area (Å²) < 4.78 is 10.8. The number of benzene rings is 1. The van der Waals surface area contributed by atoms with Gasteiger partial charge in [-0.1, -0.05) is 18.2 Å². The molecule has 3 heteroatoms. The summed E-state index contributed by atoms with van der Waals surface area (Å²) in [6, 6.07) is 10.1. The Morgan fingerprint density at radius 3 is 2.83 bits per heavy atom. The van der Waals surface area contributed by atoms with Crippen LogP contribution in [0, 0.1) is 6.92 Å². The van der Waals surface area contributed by atoms with E-state index in [0.717, 1.165) is 30.0 Å². The van der Waals surface area contributed by atoms with Crippen LogP contribution in [0.2, 0.25) is 0 Å². The molecule has 0 aliphatic carbocycles. The number of para-hydroxylation sites is 1. The average molecular weight is 241 g/mol. The fourth-order valence-electron chi connectivity index (χ4n) is 2.17. The van der Waals surface area contributed by atoms with Gasteiger partial charge in [0.05, 0.1) is 12.5 Å². The van der Waals surface area contributed by atoms with Crippen molar-refractivity contribution < 1.29 is 8.83 Å². The van der Waals surface area contributed by atoms with Crippen molar-refractivity contribution in [2.75, 3.05) is 0 Å². The van der Waals surface area contributed by atoms with E-state index in [1.54, 1.807) is 12.5 Å². The predicted octanol–water partition coefficient (Wildman–Crippen LogP) is 3.62. The Balaban J connectivity index is 1.76. The van der Waals surface area contributed by atoms with Crippen molar-refractivity contribution in [2.45, 2.75) is 20.0 Å². The quantitative estimate of drug-likeness (QED) is 0.758. The molecule has 1 N–H and O–H groups in total. The highest BCUT2D eigenvalue weighted by atomic mass is 16.3. The number of furan rings is 2. The van der Waals surface area contributed by atoms with Crippen LogP contribution in [-0.4, -0.2) is 0 Å². The number of nitrogens with one attached hydrogen (secondary N) is 1. The molecule has 0 radical (unpaired) electrons. The predicted molar refractivity (Wildman–Crippen MR) is 70.2 cm³/mol. The summed E-state index contributed by atoms with van der Waals surface area (Å²) in [7, 11) is 0.